The summed E-state index contributed by atoms with van der Waals surface area (Å²) in [6.45, 7) is 2.82. The van der Waals surface area contributed by atoms with Crippen LogP contribution in [0.3, 0.4) is 0 Å². The van der Waals surface area contributed by atoms with Gasteiger partial charge in [0.05, 0.1) is 0 Å². The minimum atomic E-state index is -0.754. The Hall–Kier alpha value is -3.33. The zero-order valence-corrected chi connectivity index (χ0v) is 17.1. The highest BCUT2D eigenvalue weighted by Crippen LogP contribution is 2.54. The van der Waals surface area contributed by atoms with Crippen molar-refractivity contribution in [2.45, 2.75) is 25.9 Å². The summed E-state index contributed by atoms with van der Waals surface area (Å²) in [5.74, 6) is 0.913. The molecule has 0 saturated heterocycles. The Kier molecular flexibility index (Phi) is 4.66. The Bertz CT molecular complexity index is 1090. The summed E-state index contributed by atoms with van der Waals surface area (Å²) in [7, 11) is 0. The van der Waals surface area contributed by atoms with Crippen molar-refractivity contribution in [3.05, 3.63) is 108 Å². The normalized spacial score (nSPS) is 22.6. The lowest BCUT2D eigenvalue weighted by molar-refractivity contribution is -0.130. The second-order valence-electron chi connectivity index (χ2n) is 8.09. The minimum Gasteiger partial charge on any atom is -0.484 e. The molecule has 0 saturated carbocycles. The van der Waals surface area contributed by atoms with Gasteiger partial charge in [0.15, 0.2) is 0 Å². The third-order valence-electron chi connectivity index (χ3n) is 6.12. The van der Waals surface area contributed by atoms with Crippen LogP contribution >= 0.6 is 0 Å². The molecular weight excluding hydrogens is 370 g/mol. The number of carbonyl (C=O) groups is 1. The number of fused-ring (bicyclic) bond motifs is 1. The van der Waals surface area contributed by atoms with Gasteiger partial charge >= 0.3 is 0 Å². The highest BCUT2D eigenvalue weighted by atomic mass is 16.5. The first kappa shape index (κ1) is 18.7. The second-order valence-corrected chi connectivity index (χ2v) is 8.09. The highest BCUT2D eigenvalue weighted by molar-refractivity contribution is 6.03. The van der Waals surface area contributed by atoms with Gasteiger partial charge in [0.25, 0.3) is 0 Å². The molecule has 3 aromatic rings. The summed E-state index contributed by atoms with van der Waals surface area (Å²) in [6.07, 6.45) is 3.27. The number of carbonyl (C=O) groups excluding carboxylic acids is 1. The first-order valence-corrected chi connectivity index (χ1v) is 10.6. The van der Waals surface area contributed by atoms with Crippen LogP contribution in [0.4, 0.5) is 5.69 Å². The lowest BCUT2D eigenvalue weighted by atomic mass is 9.71. The number of para-hydroxylation sites is 1. The number of nitrogens with zero attached hydrogens (tertiary/aromatic N) is 1. The molecule has 30 heavy (non-hydrogen) atoms. The Labute approximate surface area is 177 Å². The molecule has 0 aromatic heterocycles. The van der Waals surface area contributed by atoms with E-state index in [-0.39, 0.29) is 12.0 Å². The van der Waals surface area contributed by atoms with Crippen LogP contribution < -0.4 is 4.90 Å². The van der Waals surface area contributed by atoms with Gasteiger partial charge in [0, 0.05) is 17.8 Å². The molecular formula is C27H25NO2. The van der Waals surface area contributed by atoms with E-state index < -0.39 is 5.41 Å². The summed E-state index contributed by atoms with van der Waals surface area (Å²) in [5.41, 5.74) is 3.51. The van der Waals surface area contributed by atoms with E-state index in [1.807, 2.05) is 59.5 Å². The smallest absolute Gasteiger partial charge is 0.241 e. The number of anilines is 1. The Morgan fingerprint density at radius 2 is 1.60 bits per heavy atom. The van der Waals surface area contributed by atoms with E-state index in [1.165, 1.54) is 5.56 Å². The Balaban J connectivity index is 1.69. The van der Waals surface area contributed by atoms with Gasteiger partial charge in [0.1, 0.15) is 17.3 Å². The zero-order valence-electron chi connectivity index (χ0n) is 17.1. The third-order valence-corrected chi connectivity index (χ3v) is 6.12. The first-order chi connectivity index (χ1) is 14.7. The fraction of sp³-hybridized carbons (Fsp3) is 0.222. The van der Waals surface area contributed by atoms with E-state index in [1.54, 1.807) is 0 Å². The lowest BCUT2D eigenvalue weighted by Gasteiger charge is -2.42. The van der Waals surface area contributed by atoms with Crippen molar-refractivity contribution in [1.29, 1.82) is 0 Å². The average Bonchev–Trinajstić information content (AvgIpc) is 3.18. The predicted octanol–water partition coefficient (Wildman–Crippen LogP) is 5.78. The SMILES string of the molecule is CCCN1C(=O)[C@]2(C=C(c3ccccc3)O[C@H]2c2ccccc2)Cc2ccccc21. The molecule has 3 heteroatoms. The number of ether oxygens (including phenoxy) is 1. The van der Waals surface area contributed by atoms with Crippen molar-refractivity contribution >= 4 is 17.4 Å². The topological polar surface area (TPSA) is 29.5 Å². The molecule has 0 unspecified atom stereocenters. The van der Waals surface area contributed by atoms with Crippen molar-refractivity contribution in [2.75, 3.05) is 11.4 Å². The maximum absolute atomic E-state index is 14.1. The summed E-state index contributed by atoms with van der Waals surface area (Å²) in [5, 5.41) is 0. The number of hydrogen-bond donors (Lipinski definition) is 0. The summed E-state index contributed by atoms with van der Waals surface area (Å²) < 4.78 is 6.55. The van der Waals surface area contributed by atoms with Crippen LogP contribution in [0, 0.1) is 5.41 Å². The monoisotopic (exact) mass is 395 g/mol. The van der Waals surface area contributed by atoms with Gasteiger partial charge < -0.3 is 9.64 Å². The van der Waals surface area contributed by atoms with Crippen LogP contribution in [-0.2, 0) is 16.0 Å². The van der Waals surface area contributed by atoms with Crippen molar-refractivity contribution in [3.8, 4) is 0 Å². The molecule has 3 aromatic carbocycles. The molecule has 1 spiro atoms. The molecule has 150 valence electrons. The molecule has 5 rings (SSSR count). The van der Waals surface area contributed by atoms with E-state index in [0.717, 1.165) is 29.0 Å². The van der Waals surface area contributed by atoms with Crippen LogP contribution in [0.2, 0.25) is 0 Å². The van der Waals surface area contributed by atoms with E-state index in [0.29, 0.717) is 13.0 Å². The highest BCUT2D eigenvalue weighted by Gasteiger charge is 2.55. The molecule has 2 aliphatic heterocycles. The molecule has 3 nitrogen and oxygen atoms in total. The zero-order chi connectivity index (χ0) is 20.6. The van der Waals surface area contributed by atoms with Gasteiger partial charge in [-0.2, -0.15) is 0 Å². The van der Waals surface area contributed by atoms with Gasteiger partial charge in [-0.05, 0) is 36.1 Å². The number of rotatable bonds is 4. The molecule has 2 heterocycles. The second kappa shape index (κ2) is 7.49. The van der Waals surface area contributed by atoms with E-state index in [9.17, 15) is 4.79 Å². The van der Waals surface area contributed by atoms with Crippen LogP contribution in [0.25, 0.3) is 5.76 Å². The van der Waals surface area contributed by atoms with Gasteiger partial charge in [-0.25, -0.2) is 0 Å². The van der Waals surface area contributed by atoms with Crippen LogP contribution in [0.5, 0.6) is 0 Å². The van der Waals surface area contributed by atoms with E-state index in [2.05, 4.69) is 43.3 Å². The van der Waals surface area contributed by atoms with Gasteiger partial charge in [-0.1, -0.05) is 85.8 Å². The number of hydrogen-bond acceptors (Lipinski definition) is 2. The first-order valence-electron chi connectivity index (χ1n) is 10.6. The van der Waals surface area contributed by atoms with Crippen LogP contribution in [0.15, 0.2) is 91.0 Å². The minimum absolute atomic E-state index is 0.128. The van der Waals surface area contributed by atoms with Crippen molar-refractivity contribution in [1.82, 2.24) is 0 Å². The summed E-state index contributed by atoms with van der Waals surface area (Å²) in [4.78, 5) is 16.0. The standard InChI is InChI=1S/C27H25NO2/c1-2-17-28-23-16-10-9-15-22(23)18-27(26(28)29)19-24(20-11-5-3-6-12-20)30-25(27)21-13-7-4-8-14-21/h3-16,19,25H,2,17-18H2,1H3/t25-,27-/m0/s1. The van der Waals surface area contributed by atoms with Crippen molar-refractivity contribution in [3.63, 3.8) is 0 Å². The maximum Gasteiger partial charge on any atom is 0.241 e. The van der Waals surface area contributed by atoms with E-state index in [4.69, 9.17) is 4.74 Å². The molecule has 2 atom stereocenters. The molecule has 0 aliphatic carbocycles. The molecule has 1 amide bonds. The number of benzene rings is 3. The average molecular weight is 396 g/mol. The maximum atomic E-state index is 14.1. The van der Waals surface area contributed by atoms with Crippen LogP contribution in [-0.4, -0.2) is 12.5 Å². The fourth-order valence-corrected chi connectivity index (χ4v) is 4.76. The third kappa shape index (κ3) is 2.93. The van der Waals surface area contributed by atoms with Crippen molar-refractivity contribution in [2.24, 2.45) is 5.41 Å². The van der Waals surface area contributed by atoms with Crippen LogP contribution in [0.1, 0.15) is 36.1 Å². The summed E-state index contributed by atoms with van der Waals surface area (Å²) in [6, 6.07) is 28.5. The van der Waals surface area contributed by atoms with Crippen molar-refractivity contribution < 1.29 is 9.53 Å². The predicted molar refractivity (Wildman–Crippen MR) is 120 cm³/mol. The quantitative estimate of drug-likeness (QED) is 0.560. The largest absolute Gasteiger partial charge is 0.484 e. The molecule has 0 radical (unpaired) electrons. The van der Waals surface area contributed by atoms with Gasteiger partial charge in [0.2, 0.25) is 5.91 Å². The molecule has 0 fully saturated rings. The molecule has 0 bridgehead atoms. The summed E-state index contributed by atoms with van der Waals surface area (Å²) >= 11 is 0. The Morgan fingerprint density at radius 1 is 0.933 bits per heavy atom. The molecule has 2 aliphatic rings. The van der Waals surface area contributed by atoms with Gasteiger partial charge in [-0.3, -0.25) is 4.79 Å². The van der Waals surface area contributed by atoms with E-state index >= 15 is 0 Å². The molecule has 0 N–H and O–H groups in total. The fourth-order valence-electron chi connectivity index (χ4n) is 4.76. The number of amides is 1. The van der Waals surface area contributed by atoms with Gasteiger partial charge in [-0.15, -0.1) is 0 Å². The lowest BCUT2D eigenvalue weighted by Crippen LogP contribution is -2.50. The Morgan fingerprint density at radius 3 is 2.33 bits per heavy atom.